The third kappa shape index (κ3) is 7.17. The first-order valence-electron chi connectivity index (χ1n) is 17.6. The van der Waals surface area contributed by atoms with Crippen LogP contribution >= 0.6 is 0 Å². The Balaban J connectivity index is 2.12. The Labute approximate surface area is 301 Å². The molecule has 0 fully saturated rings. The standard InChI is InChI=1S/C42H57N3O6/c1-22-28(25(4)34(46)16-31(22)40(7,8)9)19-43-37(49)44(20-29-23(2)32(41(10,11)12)17-35(47)26(29)5)39(51)45(38(43)50)21-30-24(3)33(42(13,14)15)18-36(48)27(30)6/h16-18,46-48H,19-21H2,1-15H3. The van der Waals surface area contributed by atoms with Gasteiger partial charge in [-0.15, -0.1) is 0 Å². The number of hydrogen-bond acceptors (Lipinski definition) is 6. The molecule has 9 heteroatoms. The van der Waals surface area contributed by atoms with E-state index in [-0.39, 0.29) is 53.1 Å². The number of hydrogen-bond donors (Lipinski definition) is 3. The highest BCUT2D eigenvalue weighted by Gasteiger charge is 2.28. The van der Waals surface area contributed by atoms with E-state index in [4.69, 9.17) is 0 Å². The molecule has 3 aromatic carbocycles. The first-order chi connectivity index (χ1) is 23.2. The van der Waals surface area contributed by atoms with Gasteiger partial charge >= 0.3 is 17.1 Å². The summed E-state index contributed by atoms with van der Waals surface area (Å²) in [6, 6.07) is 5.20. The smallest absolute Gasteiger partial charge is 0.336 e. The van der Waals surface area contributed by atoms with Crippen molar-refractivity contribution in [3.8, 4) is 17.2 Å². The molecule has 0 aliphatic heterocycles. The quantitative estimate of drug-likeness (QED) is 0.196. The van der Waals surface area contributed by atoms with E-state index < -0.39 is 17.1 Å². The maximum absolute atomic E-state index is 14.5. The molecule has 0 atom stereocenters. The van der Waals surface area contributed by atoms with Crippen molar-refractivity contribution in [1.29, 1.82) is 0 Å². The van der Waals surface area contributed by atoms with Crippen LogP contribution in [0, 0.1) is 41.5 Å². The van der Waals surface area contributed by atoms with Crippen LogP contribution in [-0.4, -0.2) is 29.0 Å². The van der Waals surface area contributed by atoms with Crippen molar-refractivity contribution >= 4 is 0 Å². The van der Waals surface area contributed by atoms with Gasteiger partial charge in [-0.2, -0.15) is 0 Å². The normalized spacial score (nSPS) is 12.5. The lowest BCUT2D eigenvalue weighted by Gasteiger charge is -2.27. The molecule has 0 saturated heterocycles. The van der Waals surface area contributed by atoms with Crippen molar-refractivity contribution in [3.05, 3.63) is 116 Å². The Morgan fingerprint density at radius 2 is 0.608 bits per heavy atom. The Kier molecular flexibility index (Phi) is 10.2. The second kappa shape index (κ2) is 13.2. The molecule has 0 bridgehead atoms. The molecule has 3 N–H and O–H groups in total. The SMILES string of the molecule is Cc1c(O)cc(C(C)(C)C)c(C)c1Cn1c(=O)n(Cc2c(C)c(O)cc(C(C)(C)C)c2C)c(=O)n(Cc2c(C)c(O)cc(C(C)(C)C)c2C)c1=O. The van der Waals surface area contributed by atoms with Crippen molar-refractivity contribution in [1.82, 2.24) is 13.7 Å². The first-order valence-corrected chi connectivity index (χ1v) is 17.6. The molecule has 0 spiro atoms. The number of aromatic hydroxyl groups is 3. The number of benzene rings is 3. The largest absolute Gasteiger partial charge is 0.508 e. The van der Waals surface area contributed by atoms with Crippen LogP contribution in [0.1, 0.15) is 129 Å². The lowest BCUT2D eigenvalue weighted by atomic mass is 9.81. The molecule has 0 aliphatic carbocycles. The van der Waals surface area contributed by atoms with E-state index in [0.717, 1.165) is 47.1 Å². The fourth-order valence-electron chi connectivity index (χ4n) is 7.47. The summed E-state index contributed by atoms with van der Waals surface area (Å²) in [6.45, 7) is 28.8. The highest BCUT2D eigenvalue weighted by atomic mass is 16.3. The molecule has 0 amide bonds. The van der Waals surface area contributed by atoms with Crippen LogP contribution in [-0.2, 0) is 35.9 Å². The van der Waals surface area contributed by atoms with Crippen molar-refractivity contribution in [2.75, 3.05) is 0 Å². The topological polar surface area (TPSA) is 127 Å². The van der Waals surface area contributed by atoms with Crippen molar-refractivity contribution in [2.24, 2.45) is 0 Å². The molecule has 276 valence electrons. The van der Waals surface area contributed by atoms with E-state index in [1.807, 2.05) is 83.1 Å². The summed E-state index contributed by atoms with van der Waals surface area (Å²) in [7, 11) is 0. The van der Waals surface area contributed by atoms with Gasteiger partial charge in [0.25, 0.3) is 0 Å². The average molecular weight is 700 g/mol. The molecule has 0 aliphatic rings. The van der Waals surface area contributed by atoms with Gasteiger partial charge in [0.2, 0.25) is 0 Å². The molecule has 51 heavy (non-hydrogen) atoms. The summed E-state index contributed by atoms with van der Waals surface area (Å²) in [5.74, 6) is 0.177. The van der Waals surface area contributed by atoms with Crippen LogP contribution in [0.2, 0.25) is 0 Å². The van der Waals surface area contributed by atoms with Gasteiger partial charge in [-0.25, -0.2) is 28.1 Å². The third-order valence-corrected chi connectivity index (χ3v) is 10.7. The van der Waals surface area contributed by atoms with Gasteiger partial charge < -0.3 is 15.3 Å². The zero-order valence-electron chi connectivity index (χ0n) is 33.3. The summed E-state index contributed by atoms with van der Waals surface area (Å²) < 4.78 is 3.21. The van der Waals surface area contributed by atoms with E-state index in [2.05, 4.69) is 0 Å². The van der Waals surface area contributed by atoms with E-state index in [1.165, 1.54) is 0 Å². The summed E-state index contributed by atoms with van der Waals surface area (Å²) in [6.07, 6.45) is 0. The number of rotatable bonds is 6. The van der Waals surface area contributed by atoms with Crippen molar-refractivity contribution < 1.29 is 15.3 Å². The molecular formula is C42H57N3O6. The number of phenolic OH excluding ortho intramolecular Hbond substituents is 3. The van der Waals surface area contributed by atoms with Crippen molar-refractivity contribution in [3.63, 3.8) is 0 Å². The lowest BCUT2D eigenvalue weighted by Crippen LogP contribution is -2.55. The lowest BCUT2D eigenvalue weighted by molar-refractivity contribution is 0.455. The molecule has 4 aromatic rings. The second-order valence-electron chi connectivity index (χ2n) is 17.4. The molecule has 0 saturated carbocycles. The van der Waals surface area contributed by atoms with E-state index in [0.29, 0.717) is 33.4 Å². The summed E-state index contributed by atoms with van der Waals surface area (Å²) >= 11 is 0. The van der Waals surface area contributed by atoms with Crippen LogP contribution in [0.3, 0.4) is 0 Å². The molecular weight excluding hydrogens is 642 g/mol. The van der Waals surface area contributed by atoms with Gasteiger partial charge in [0.05, 0.1) is 19.6 Å². The first kappa shape index (κ1) is 39.3. The van der Waals surface area contributed by atoms with Gasteiger partial charge in [-0.3, -0.25) is 0 Å². The maximum Gasteiger partial charge on any atom is 0.336 e. The van der Waals surface area contributed by atoms with Gasteiger partial charge in [0, 0.05) is 0 Å². The Morgan fingerprint density at radius 1 is 0.412 bits per heavy atom. The van der Waals surface area contributed by atoms with Crippen molar-refractivity contribution in [2.45, 2.75) is 140 Å². The average Bonchev–Trinajstić information content (AvgIpc) is 2.99. The minimum atomic E-state index is -0.792. The van der Waals surface area contributed by atoms with Gasteiger partial charge in [0.1, 0.15) is 17.2 Å². The summed E-state index contributed by atoms with van der Waals surface area (Å²) in [5, 5.41) is 33.0. The van der Waals surface area contributed by atoms with E-state index in [9.17, 15) is 29.7 Å². The fourth-order valence-corrected chi connectivity index (χ4v) is 7.47. The molecule has 1 aromatic heterocycles. The Hall–Kier alpha value is -4.53. The van der Waals surface area contributed by atoms with Gasteiger partial charge in [-0.05, 0) is 143 Å². The predicted molar refractivity (Wildman–Crippen MR) is 205 cm³/mol. The highest BCUT2D eigenvalue weighted by molar-refractivity contribution is 5.52. The minimum absolute atomic E-state index is 0.0589. The maximum atomic E-state index is 14.5. The zero-order valence-corrected chi connectivity index (χ0v) is 33.3. The number of phenols is 3. The third-order valence-electron chi connectivity index (χ3n) is 10.7. The monoisotopic (exact) mass is 699 g/mol. The second-order valence-corrected chi connectivity index (χ2v) is 17.4. The van der Waals surface area contributed by atoms with Crippen LogP contribution in [0.4, 0.5) is 0 Å². The summed E-state index contributed by atoms with van der Waals surface area (Å²) in [4.78, 5) is 43.6. The van der Waals surface area contributed by atoms with Crippen LogP contribution < -0.4 is 17.1 Å². The van der Waals surface area contributed by atoms with Crippen LogP contribution in [0.5, 0.6) is 17.2 Å². The summed E-state index contributed by atoms with van der Waals surface area (Å²) in [5.41, 5.74) is 5.28. The van der Waals surface area contributed by atoms with E-state index >= 15 is 0 Å². The van der Waals surface area contributed by atoms with Gasteiger partial charge in [-0.1, -0.05) is 62.3 Å². The molecule has 4 rings (SSSR count). The molecule has 9 nitrogen and oxygen atoms in total. The Morgan fingerprint density at radius 3 is 0.784 bits per heavy atom. The van der Waals surface area contributed by atoms with E-state index in [1.54, 1.807) is 39.0 Å². The highest BCUT2D eigenvalue weighted by Crippen LogP contribution is 2.37. The van der Waals surface area contributed by atoms with Crippen LogP contribution in [0.25, 0.3) is 0 Å². The predicted octanol–water partition coefficient (Wildman–Crippen LogP) is 7.18. The number of nitrogens with zero attached hydrogens (tertiary/aromatic N) is 3. The molecule has 0 unspecified atom stereocenters. The van der Waals surface area contributed by atoms with Gasteiger partial charge in [0.15, 0.2) is 0 Å². The molecule has 0 radical (unpaired) electrons. The Bertz CT molecular complexity index is 1950. The number of aromatic nitrogens is 3. The minimum Gasteiger partial charge on any atom is -0.508 e. The zero-order chi connectivity index (χ0) is 38.9. The fraction of sp³-hybridized carbons (Fsp3) is 0.500. The molecule has 1 heterocycles. The van der Waals surface area contributed by atoms with Crippen LogP contribution in [0.15, 0.2) is 32.6 Å².